The number of nitrogens with zero attached hydrogens (tertiary/aromatic N) is 4. The Kier molecular flexibility index (Phi) is 3.97. The van der Waals surface area contributed by atoms with Crippen LogP contribution in [0.1, 0.15) is 42.6 Å². The monoisotopic (exact) mass is 274 g/mol. The summed E-state index contributed by atoms with van der Waals surface area (Å²) in [5.74, 6) is 1.13. The van der Waals surface area contributed by atoms with Gasteiger partial charge in [-0.05, 0) is 12.8 Å². The predicted molar refractivity (Wildman–Crippen MR) is 75.9 cm³/mol. The number of nitrogens with one attached hydrogen (secondary N) is 1. The summed E-state index contributed by atoms with van der Waals surface area (Å²) < 4.78 is 1.55. The van der Waals surface area contributed by atoms with Crippen molar-refractivity contribution in [3.63, 3.8) is 0 Å². The van der Waals surface area contributed by atoms with Gasteiger partial charge in [0.05, 0.1) is 11.8 Å². The van der Waals surface area contributed by atoms with Crippen LogP contribution in [0.3, 0.4) is 0 Å². The molecule has 0 unspecified atom stereocenters. The molecule has 3 N–H and O–H groups in total. The largest absolute Gasteiger partial charge is 0.370 e. The number of hydrogen-bond donors (Lipinski definition) is 2. The number of anilines is 1. The van der Waals surface area contributed by atoms with Crippen molar-refractivity contribution in [3.05, 3.63) is 29.8 Å². The molecular weight excluding hydrogens is 256 g/mol. The van der Waals surface area contributed by atoms with E-state index in [2.05, 4.69) is 34.2 Å². The Bertz CT molecular complexity index is 619. The summed E-state index contributed by atoms with van der Waals surface area (Å²) >= 11 is 0. The molecule has 2 aromatic heterocycles. The van der Waals surface area contributed by atoms with Crippen LogP contribution < -0.4 is 11.1 Å². The molecule has 0 aliphatic rings. The summed E-state index contributed by atoms with van der Waals surface area (Å²) in [6.07, 6.45) is 4.48. The van der Waals surface area contributed by atoms with Crippen molar-refractivity contribution < 1.29 is 4.79 Å². The van der Waals surface area contributed by atoms with Gasteiger partial charge < -0.3 is 11.1 Å². The summed E-state index contributed by atoms with van der Waals surface area (Å²) in [7, 11) is 0. The van der Waals surface area contributed by atoms with Crippen molar-refractivity contribution in [2.45, 2.75) is 26.7 Å². The van der Waals surface area contributed by atoms with E-state index in [4.69, 9.17) is 5.73 Å². The van der Waals surface area contributed by atoms with Gasteiger partial charge in [0.1, 0.15) is 12.1 Å². The van der Waals surface area contributed by atoms with Gasteiger partial charge in [0.25, 0.3) is 5.91 Å². The van der Waals surface area contributed by atoms with Crippen molar-refractivity contribution in [1.29, 1.82) is 0 Å². The molecule has 7 nitrogen and oxygen atoms in total. The molecule has 2 aromatic rings. The molecule has 0 bridgehead atoms. The molecule has 20 heavy (non-hydrogen) atoms. The fourth-order valence-electron chi connectivity index (χ4n) is 1.97. The molecule has 0 atom stereocenters. The first-order valence-electron chi connectivity index (χ1n) is 6.48. The molecule has 106 valence electrons. The van der Waals surface area contributed by atoms with E-state index in [1.54, 1.807) is 10.9 Å². The average Bonchev–Trinajstić information content (AvgIpc) is 2.88. The summed E-state index contributed by atoms with van der Waals surface area (Å²) in [6.45, 7) is 6.88. The smallest absolute Gasteiger partial charge is 0.251 e. The first kappa shape index (κ1) is 14.0. The number of rotatable bonds is 5. The maximum Gasteiger partial charge on any atom is 0.251 e. The van der Waals surface area contributed by atoms with E-state index in [-0.39, 0.29) is 5.92 Å². The maximum atomic E-state index is 11.2. The van der Waals surface area contributed by atoms with E-state index < -0.39 is 5.91 Å². The average molecular weight is 274 g/mol. The Morgan fingerprint density at radius 2 is 2.20 bits per heavy atom. The number of carbonyl (C=O) groups excluding carboxylic acids is 1. The van der Waals surface area contributed by atoms with Crippen LogP contribution in [0.5, 0.6) is 0 Å². The number of carbonyl (C=O) groups is 1. The highest BCUT2D eigenvalue weighted by atomic mass is 16.1. The Labute approximate surface area is 117 Å². The van der Waals surface area contributed by atoms with Crippen LogP contribution in [0.25, 0.3) is 5.82 Å². The number of amides is 1. The lowest BCUT2D eigenvalue weighted by atomic mass is 10.0. The molecule has 7 heteroatoms. The molecule has 0 aromatic carbocycles. The van der Waals surface area contributed by atoms with E-state index in [1.165, 1.54) is 12.5 Å². The molecule has 0 spiro atoms. The fraction of sp³-hybridized carbons (Fsp3) is 0.385. The van der Waals surface area contributed by atoms with Crippen molar-refractivity contribution in [1.82, 2.24) is 19.7 Å². The van der Waals surface area contributed by atoms with E-state index in [0.29, 0.717) is 11.4 Å². The van der Waals surface area contributed by atoms with Crippen molar-refractivity contribution in [2.24, 2.45) is 5.73 Å². The third-order valence-electron chi connectivity index (χ3n) is 2.87. The van der Waals surface area contributed by atoms with Crippen LogP contribution in [-0.2, 0) is 0 Å². The number of primary amides is 1. The molecule has 0 saturated heterocycles. The van der Waals surface area contributed by atoms with Crippen LogP contribution in [-0.4, -0.2) is 32.2 Å². The Morgan fingerprint density at radius 3 is 2.75 bits per heavy atom. The maximum absolute atomic E-state index is 11.2. The lowest BCUT2D eigenvalue weighted by molar-refractivity contribution is 0.100. The molecular formula is C13H18N6O. The third kappa shape index (κ3) is 2.61. The second kappa shape index (κ2) is 5.68. The van der Waals surface area contributed by atoms with Gasteiger partial charge in [-0.25, -0.2) is 14.6 Å². The zero-order valence-electron chi connectivity index (χ0n) is 11.8. The summed E-state index contributed by atoms with van der Waals surface area (Å²) in [5, 5.41) is 7.36. The zero-order valence-corrected chi connectivity index (χ0v) is 11.8. The normalized spacial score (nSPS) is 10.8. The van der Waals surface area contributed by atoms with Crippen molar-refractivity contribution in [2.75, 3.05) is 11.9 Å². The van der Waals surface area contributed by atoms with Gasteiger partial charge in [0.2, 0.25) is 0 Å². The minimum absolute atomic E-state index is 0.210. The molecule has 1 amide bonds. The lowest BCUT2D eigenvalue weighted by Crippen LogP contribution is -2.12. The van der Waals surface area contributed by atoms with Gasteiger partial charge in [-0.3, -0.25) is 4.79 Å². The molecule has 0 fully saturated rings. The minimum Gasteiger partial charge on any atom is -0.370 e. The van der Waals surface area contributed by atoms with E-state index in [1.807, 2.05) is 6.92 Å². The summed E-state index contributed by atoms with van der Waals surface area (Å²) in [5.41, 5.74) is 6.55. The third-order valence-corrected chi connectivity index (χ3v) is 2.87. The van der Waals surface area contributed by atoms with E-state index in [0.717, 1.165) is 17.9 Å². The molecule has 2 rings (SSSR count). The molecule has 0 saturated carbocycles. The van der Waals surface area contributed by atoms with Crippen LogP contribution in [0, 0.1) is 0 Å². The second-order valence-corrected chi connectivity index (χ2v) is 4.68. The van der Waals surface area contributed by atoms with Gasteiger partial charge in [-0.1, -0.05) is 13.8 Å². The summed E-state index contributed by atoms with van der Waals surface area (Å²) in [6, 6.07) is 0. The lowest BCUT2D eigenvalue weighted by Gasteiger charge is -2.16. The summed E-state index contributed by atoms with van der Waals surface area (Å²) in [4.78, 5) is 19.7. The van der Waals surface area contributed by atoms with Crippen LogP contribution in [0.15, 0.2) is 18.7 Å². The molecule has 0 aliphatic carbocycles. The van der Waals surface area contributed by atoms with Gasteiger partial charge in [-0.2, -0.15) is 5.10 Å². The molecule has 2 heterocycles. The first-order valence-corrected chi connectivity index (χ1v) is 6.48. The van der Waals surface area contributed by atoms with Crippen LogP contribution >= 0.6 is 0 Å². The SMILES string of the molecule is CCNc1ncnc(-n2cc(C(N)=O)cn2)c1C(C)C. The highest BCUT2D eigenvalue weighted by Crippen LogP contribution is 2.27. The van der Waals surface area contributed by atoms with Crippen molar-refractivity contribution in [3.8, 4) is 5.82 Å². The van der Waals surface area contributed by atoms with Crippen molar-refractivity contribution >= 4 is 11.7 Å². The highest BCUT2D eigenvalue weighted by Gasteiger charge is 2.17. The highest BCUT2D eigenvalue weighted by molar-refractivity contribution is 5.92. The number of hydrogen-bond acceptors (Lipinski definition) is 5. The number of aromatic nitrogens is 4. The molecule has 0 aliphatic heterocycles. The topological polar surface area (TPSA) is 98.7 Å². The quantitative estimate of drug-likeness (QED) is 0.856. The first-order chi connectivity index (χ1) is 9.54. The zero-order chi connectivity index (χ0) is 14.7. The van der Waals surface area contributed by atoms with Gasteiger partial charge in [0, 0.05) is 18.3 Å². The van der Waals surface area contributed by atoms with Crippen LogP contribution in [0.4, 0.5) is 5.82 Å². The van der Waals surface area contributed by atoms with Crippen LogP contribution in [0.2, 0.25) is 0 Å². The van der Waals surface area contributed by atoms with Gasteiger partial charge in [-0.15, -0.1) is 0 Å². The standard InChI is InChI=1S/C13H18N6O/c1-4-15-12-10(8(2)3)13(17-7-16-12)19-6-9(5-18-19)11(14)20/h5-8H,4H2,1-3H3,(H2,14,20)(H,15,16,17). The second-order valence-electron chi connectivity index (χ2n) is 4.68. The van der Waals surface area contributed by atoms with Gasteiger partial charge in [0.15, 0.2) is 5.82 Å². The Morgan fingerprint density at radius 1 is 1.45 bits per heavy atom. The minimum atomic E-state index is -0.511. The fourth-order valence-corrected chi connectivity index (χ4v) is 1.97. The molecule has 0 radical (unpaired) electrons. The Hall–Kier alpha value is -2.44. The van der Waals surface area contributed by atoms with E-state index in [9.17, 15) is 4.79 Å². The Balaban J connectivity index is 2.54. The predicted octanol–water partition coefficient (Wildman–Crippen LogP) is 1.32. The van der Waals surface area contributed by atoms with Gasteiger partial charge >= 0.3 is 0 Å². The van der Waals surface area contributed by atoms with E-state index >= 15 is 0 Å². The number of nitrogens with two attached hydrogens (primary N) is 1.